The average Bonchev–Trinajstić information content (AvgIpc) is 3.55. The van der Waals surface area contributed by atoms with Crippen molar-refractivity contribution in [2.45, 2.75) is 39.2 Å². The highest BCUT2D eigenvalue weighted by Gasteiger charge is 2.30. The molecule has 162 valence electrons. The topological polar surface area (TPSA) is 73.0 Å². The van der Waals surface area contributed by atoms with E-state index in [0.717, 1.165) is 40.9 Å². The molecule has 2 aromatic heterocycles. The maximum absolute atomic E-state index is 13.5. The number of carbonyl (C=O) groups is 1. The van der Waals surface area contributed by atoms with Crippen LogP contribution in [-0.2, 0) is 11.3 Å². The van der Waals surface area contributed by atoms with Gasteiger partial charge in [0.2, 0.25) is 5.91 Å². The number of fused-ring (bicyclic) bond motifs is 1. The number of anilines is 1. The minimum atomic E-state index is -0.310. The van der Waals surface area contributed by atoms with Gasteiger partial charge in [0.1, 0.15) is 12.1 Å². The van der Waals surface area contributed by atoms with Crippen molar-refractivity contribution in [2.75, 3.05) is 11.9 Å². The van der Waals surface area contributed by atoms with Gasteiger partial charge in [0.25, 0.3) is 5.56 Å². The van der Waals surface area contributed by atoms with E-state index in [1.807, 2.05) is 55.5 Å². The van der Waals surface area contributed by atoms with Gasteiger partial charge in [-0.1, -0.05) is 24.3 Å². The molecular weight excluding hydrogens is 402 g/mol. The summed E-state index contributed by atoms with van der Waals surface area (Å²) in [7, 11) is 1.71. The zero-order valence-corrected chi connectivity index (χ0v) is 18.4. The number of para-hydroxylation sites is 1. The molecule has 7 nitrogen and oxygen atoms in total. The van der Waals surface area contributed by atoms with Crippen LogP contribution < -0.4 is 10.5 Å². The lowest BCUT2D eigenvalue weighted by atomic mass is 10.1. The first kappa shape index (κ1) is 20.2. The van der Waals surface area contributed by atoms with Crippen LogP contribution in [0.3, 0.4) is 0 Å². The van der Waals surface area contributed by atoms with Crippen LogP contribution in [0.15, 0.2) is 59.5 Å². The number of amides is 1. The molecule has 32 heavy (non-hydrogen) atoms. The molecule has 4 aromatic rings. The first-order valence-corrected chi connectivity index (χ1v) is 10.8. The van der Waals surface area contributed by atoms with Gasteiger partial charge in [-0.25, -0.2) is 9.36 Å². The largest absolute Gasteiger partial charge is 0.314 e. The number of nitrogens with zero attached hydrogens (tertiary/aromatic N) is 5. The van der Waals surface area contributed by atoms with Crippen LogP contribution in [0.25, 0.3) is 16.6 Å². The summed E-state index contributed by atoms with van der Waals surface area (Å²) in [5.41, 5.74) is 4.92. The molecule has 0 aliphatic heterocycles. The number of carbonyl (C=O) groups excluding carboxylic acids is 1. The van der Waals surface area contributed by atoms with Gasteiger partial charge in [0, 0.05) is 24.0 Å². The first-order chi connectivity index (χ1) is 15.4. The van der Waals surface area contributed by atoms with Crippen molar-refractivity contribution in [1.82, 2.24) is 19.6 Å². The lowest BCUT2D eigenvalue weighted by Gasteiger charge is -2.18. The van der Waals surface area contributed by atoms with Crippen molar-refractivity contribution < 1.29 is 4.79 Å². The molecule has 2 heterocycles. The van der Waals surface area contributed by atoms with E-state index in [2.05, 4.69) is 17.1 Å². The molecule has 1 amide bonds. The second-order valence-corrected chi connectivity index (χ2v) is 8.50. The maximum atomic E-state index is 13.5. The summed E-state index contributed by atoms with van der Waals surface area (Å²) in [6.07, 6.45) is 3.80. The predicted molar refractivity (Wildman–Crippen MR) is 124 cm³/mol. The summed E-state index contributed by atoms with van der Waals surface area (Å²) in [4.78, 5) is 28.0. The van der Waals surface area contributed by atoms with Gasteiger partial charge < -0.3 is 4.90 Å². The normalized spacial score (nSPS) is 13.5. The molecule has 5 rings (SSSR count). The van der Waals surface area contributed by atoms with Gasteiger partial charge in [-0.2, -0.15) is 10.2 Å². The molecule has 1 aliphatic carbocycles. The lowest BCUT2D eigenvalue weighted by Crippen LogP contribution is -2.36. The Kier molecular flexibility index (Phi) is 4.89. The van der Waals surface area contributed by atoms with Gasteiger partial charge >= 0.3 is 0 Å². The van der Waals surface area contributed by atoms with Crippen LogP contribution in [0.1, 0.15) is 35.6 Å². The molecule has 0 bridgehead atoms. The van der Waals surface area contributed by atoms with E-state index >= 15 is 0 Å². The van der Waals surface area contributed by atoms with Crippen LogP contribution in [-0.4, -0.2) is 32.5 Å². The third kappa shape index (κ3) is 3.49. The lowest BCUT2D eigenvalue weighted by molar-refractivity contribution is -0.119. The monoisotopic (exact) mass is 427 g/mol. The van der Waals surface area contributed by atoms with E-state index in [4.69, 9.17) is 0 Å². The van der Waals surface area contributed by atoms with E-state index in [0.29, 0.717) is 11.4 Å². The van der Waals surface area contributed by atoms with Gasteiger partial charge in [0.15, 0.2) is 0 Å². The van der Waals surface area contributed by atoms with E-state index in [1.165, 1.54) is 10.2 Å². The molecule has 7 heteroatoms. The fraction of sp³-hybridized carbons (Fsp3) is 0.280. The number of hydrogen-bond donors (Lipinski definition) is 0. The van der Waals surface area contributed by atoms with Gasteiger partial charge in [-0.3, -0.25) is 9.59 Å². The molecule has 1 saturated carbocycles. The first-order valence-electron chi connectivity index (χ1n) is 10.8. The molecule has 1 aliphatic rings. The Bertz CT molecular complexity index is 1380. The number of rotatable bonds is 5. The van der Waals surface area contributed by atoms with Crippen LogP contribution in [0.5, 0.6) is 0 Å². The number of hydrogen-bond acceptors (Lipinski definition) is 4. The molecule has 0 saturated heterocycles. The van der Waals surface area contributed by atoms with Gasteiger partial charge in [0.05, 0.1) is 17.6 Å². The summed E-state index contributed by atoms with van der Waals surface area (Å²) in [6.45, 7) is 3.97. The molecule has 0 atom stereocenters. The number of likely N-dealkylation sites (N-methyl/N-ethyl adjacent to an activating group) is 1. The molecule has 0 radical (unpaired) electrons. The highest BCUT2D eigenvalue weighted by molar-refractivity contribution is 5.92. The predicted octanol–water partition coefficient (Wildman–Crippen LogP) is 3.74. The molecule has 1 fully saturated rings. The molecule has 0 spiro atoms. The van der Waals surface area contributed by atoms with E-state index < -0.39 is 0 Å². The number of aromatic nitrogens is 4. The van der Waals surface area contributed by atoms with Crippen LogP contribution in [0, 0.1) is 13.8 Å². The Labute approximate surface area is 185 Å². The molecule has 0 unspecified atom stereocenters. The quantitative estimate of drug-likeness (QED) is 0.486. The minimum absolute atomic E-state index is 0.127. The van der Waals surface area contributed by atoms with Crippen molar-refractivity contribution >= 4 is 22.5 Å². The maximum Gasteiger partial charge on any atom is 0.293 e. The second-order valence-electron chi connectivity index (χ2n) is 8.50. The Morgan fingerprint density at radius 1 is 1.09 bits per heavy atom. The van der Waals surface area contributed by atoms with Gasteiger partial charge in [-0.15, -0.1) is 0 Å². The summed E-state index contributed by atoms with van der Waals surface area (Å²) in [5.74, 6) is 0.104. The Hall–Kier alpha value is -3.74. The highest BCUT2D eigenvalue weighted by atomic mass is 16.2. The Morgan fingerprint density at radius 2 is 1.84 bits per heavy atom. The van der Waals surface area contributed by atoms with Crippen molar-refractivity contribution in [2.24, 2.45) is 0 Å². The van der Waals surface area contributed by atoms with Gasteiger partial charge in [-0.05, 0) is 62.1 Å². The zero-order chi connectivity index (χ0) is 22.4. The number of aryl methyl sites for hydroxylation is 2. The fourth-order valence-corrected chi connectivity index (χ4v) is 3.94. The van der Waals surface area contributed by atoms with Crippen LogP contribution in [0.2, 0.25) is 0 Å². The Balaban J connectivity index is 1.60. The van der Waals surface area contributed by atoms with Crippen molar-refractivity contribution in [3.8, 4) is 5.69 Å². The zero-order valence-electron chi connectivity index (χ0n) is 18.4. The molecule has 2 aromatic carbocycles. The summed E-state index contributed by atoms with van der Waals surface area (Å²) < 4.78 is 2.98. The van der Waals surface area contributed by atoms with E-state index in [1.54, 1.807) is 22.8 Å². The third-order valence-corrected chi connectivity index (χ3v) is 6.21. The average molecular weight is 428 g/mol. The SMILES string of the molecule is Cc1ccc(-n2ncc3c(C4CC4)nn(CC(=O)N(C)c4ccccc4)c(=O)c32)cc1C. The van der Waals surface area contributed by atoms with Crippen molar-refractivity contribution in [3.63, 3.8) is 0 Å². The second kappa shape index (κ2) is 7.75. The van der Waals surface area contributed by atoms with Crippen molar-refractivity contribution in [3.05, 3.63) is 81.9 Å². The molecular formula is C25H25N5O2. The summed E-state index contributed by atoms with van der Waals surface area (Å²) in [5, 5.41) is 9.93. The minimum Gasteiger partial charge on any atom is -0.314 e. The van der Waals surface area contributed by atoms with Crippen LogP contribution >= 0.6 is 0 Å². The van der Waals surface area contributed by atoms with Crippen molar-refractivity contribution in [1.29, 1.82) is 0 Å². The molecule has 0 N–H and O–H groups in total. The summed E-state index contributed by atoms with van der Waals surface area (Å²) in [6, 6.07) is 15.4. The highest BCUT2D eigenvalue weighted by Crippen LogP contribution is 2.41. The smallest absolute Gasteiger partial charge is 0.293 e. The summed E-state index contributed by atoms with van der Waals surface area (Å²) >= 11 is 0. The third-order valence-electron chi connectivity index (χ3n) is 6.21. The van der Waals surface area contributed by atoms with E-state index in [-0.39, 0.29) is 18.0 Å². The van der Waals surface area contributed by atoms with Crippen LogP contribution in [0.4, 0.5) is 5.69 Å². The standard InChI is InChI=1S/C25H25N5O2/c1-16-9-12-20(13-17(16)2)30-24-21(14-26-30)23(18-10-11-18)27-29(25(24)32)15-22(31)28(3)19-7-5-4-6-8-19/h4-9,12-14,18H,10-11,15H2,1-3H3. The Morgan fingerprint density at radius 3 is 2.53 bits per heavy atom. The number of benzene rings is 2. The van der Waals surface area contributed by atoms with E-state index in [9.17, 15) is 9.59 Å². The fourth-order valence-electron chi connectivity index (χ4n) is 3.94.